The van der Waals surface area contributed by atoms with Gasteiger partial charge in [0.25, 0.3) is 0 Å². The van der Waals surface area contributed by atoms with E-state index in [9.17, 15) is 0 Å². The third kappa shape index (κ3) is 3.09. The maximum Gasteiger partial charge on any atom is 0.112 e. The maximum atomic E-state index is 3.72. The number of anilines is 1. The first-order valence-corrected chi connectivity index (χ1v) is 11.5. The van der Waals surface area contributed by atoms with Gasteiger partial charge in [0.15, 0.2) is 0 Å². The van der Waals surface area contributed by atoms with Crippen LogP contribution in [-0.2, 0) is 0 Å². The summed E-state index contributed by atoms with van der Waals surface area (Å²) in [5, 5.41) is 3.00. The van der Waals surface area contributed by atoms with Crippen molar-refractivity contribution < 1.29 is 0 Å². The van der Waals surface area contributed by atoms with E-state index < -0.39 is 8.07 Å². The summed E-state index contributed by atoms with van der Waals surface area (Å²) in [4.78, 5) is 2.52. The molecule has 2 aromatic rings. The molecule has 2 aromatic carbocycles. The molecule has 1 heterocycles. The Bertz CT molecular complexity index is 618. The summed E-state index contributed by atoms with van der Waals surface area (Å²) in [5.74, 6) is 0. The van der Waals surface area contributed by atoms with Crippen molar-refractivity contribution in [2.75, 3.05) is 18.0 Å². The lowest BCUT2D eigenvalue weighted by Gasteiger charge is -2.27. The molecule has 0 atom stereocenters. The molecule has 1 fully saturated rings. The van der Waals surface area contributed by atoms with E-state index in [0.29, 0.717) is 0 Å². The number of hydrogen-bond donors (Lipinski definition) is 0. The van der Waals surface area contributed by atoms with E-state index in [4.69, 9.17) is 0 Å². The van der Waals surface area contributed by atoms with E-state index in [0.717, 1.165) is 0 Å². The first-order valence-electron chi connectivity index (χ1n) is 7.69. The monoisotopic (exact) mass is 359 g/mol. The van der Waals surface area contributed by atoms with Gasteiger partial charge < -0.3 is 4.90 Å². The molecule has 0 N–H and O–H groups in total. The lowest BCUT2D eigenvalue weighted by molar-refractivity contribution is 0.949. The topological polar surface area (TPSA) is 3.24 Å². The summed E-state index contributed by atoms with van der Waals surface area (Å²) in [7, 11) is -1.63. The van der Waals surface area contributed by atoms with Gasteiger partial charge in [-0.15, -0.1) is 0 Å². The van der Waals surface area contributed by atoms with Crippen LogP contribution in [0, 0.1) is 0 Å². The van der Waals surface area contributed by atoms with Crippen molar-refractivity contribution in [3.8, 4) is 0 Å². The Morgan fingerprint density at radius 2 is 1.57 bits per heavy atom. The predicted octanol–water partition coefficient (Wildman–Crippen LogP) is 3.87. The Labute approximate surface area is 137 Å². The van der Waals surface area contributed by atoms with Crippen molar-refractivity contribution in [2.45, 2.75) is 25.9 Å². The minimum Gasteiger partial charge on any atom is -0.372 e. The number of hydrogen-bond acceptors (Lipinski definition) is 1. The molecule has 0 saturated carbocycles. The second-order valence-corrected chi connectivity index (χ2v) is 11.7. The fourth-order valence-corrected chi connectivity index (χ4v) is 6.19. The summed E-state index contributed by atoms with van der Waals surface area (Å²) >= 11 is 3.72. The van der Waals surface area contributed by atoms with E-state index in [-0.39, 0.29) is 0 Å². The van der Waals surface area contributed by atoms with Crippen LogP contribution in [0.15, 0.2) is 53.0 Å². The van der Waals surface area contributed by atoms with Crippen LogP contribution in [0.4, 0.5) is 5.69 Å². The van der Waals surface area contributed by atoms with E-state index in [1.165, 1.54) is 46.5 Å². The van der Waals surface area contributed by atoms with Crippen LogP contribution in [-0.4, -0.2) is 21.2 Å². The van der Waals surface area contributed by atoms with Crippen molar-refractivity contribution in [1.82, 2.24) is 0 Å². The SMILES string of the molecule is C[Si](C)(c1ccccc1)c1cc(Br)cc(N2CCCC2)c1. The Morgan fingerprint density at radius 1 is 0.905 bits per heavy atom. The molecule has 1 aliphatic heterocycles. The van der Waals surface area contributed by atoms with Gasteiger partial charge in [-0.1, -0.05) is 69.7 Å². The Hall–Kier alpha value is -1.06. The summed E-state index contributed by atoms with van der Waals surface area (Å²) in [5.41, 5.74) is 1.38. The molecule has 0 radical (unpaired) electrons. The van der Waals surface area contributed by atoms with Crippen LogP contribution >= 0.6 is 15.9 Å². The molecule has 1 aliphatic rings. The molecular formula is C18H22BrNSi. The Balaban J connectivity index is 2.01. The van der Waals surface area contributed by atoms with Crippen molar-refractivity contribution in [3.05, 3.63) is 53.0 Å². The van der Waals surface area contributed by atoms with Crippen molar-refractivity contribution in [1.29, 1.82) is 0 Å². The Kier molecular flexibility index (Phi) is 4.23. The minimum absolute atomic E-state index is 1.20. The number of nitrogens with zero attached hydrogens (tertiary/aromatic N) is 1. The molecule has 1 nitrogen and oxygen atoms in total. The fraction of sp³-hybridized carbons (Fsp3) is 0.333. The fourth-order valence-electron chi connectivity index (χ4n) is 3.11. The lowest BCUT2D eigenvalue weighted by Crippen LogP contribution is -2.53. The van der Waals surface area contributed by atoms with Crippen LogP contribution in [0.25, 0.3) is 0 Å². The highest BCUT2D eigenvalue weighted by atomic mass is 79.9. The van der Waals surface area contributed by atoms with Gasteiger partial charge in [0.2, 0.25) is 0 Å². The first kappa shape index (κ1) is 14.9. The van der Waals surface area contributed by atoms with Crippen LogP contribution in [0.2, 0.25) is 13.1 Å². The van der Waals surface area contributed by atoms with Gasteiger partial charge in [-0.3, -0.25) is 0 Å². The van der Waals surface area contributed by atoms with Gasteiger partial charge in [0.05, 0.1) is 0 Å². The van der Waals surface area contributed by atoms with Crippen molar-refractivity contribution >= 4 is 40.1 Å². The van der Waals surface area contributed by atoms with E-state index in [1.54, 1.807) is 0 Å². The molecular weight excluding hydrogens is 338 g/mol. The number of rotatable bonds is 3. The molecule has 3 heteroatoms. The zero-order valence-corrected chi connectivity index (χ0v) is 15.4. The average Bonchev–Trinajstić information content (AvgIpc) is 3.02. The van der Waals surface area contributed by atoms with Crippen LogP contribution in [0.5, 0.6) is 0 Å². The number of halogens is 1. The van der Waals surface area contributed by atoms with Gasteiger partial charge >= 0.3 is 0 Å². The van der Waals surface area contributed by atoms with Gasteiger partial charge in [-0.05, 0) is 31.0 Å². The zero-order valence-electron chi connectivity index (χ0n) is 12.8. The first-order chi connectivity index (χ1) is 10.1. The van der Waals surface area contributed by atoms with E-state index >= 15 is 0 Å². The van der Waals surface area contributed by atoms with Gasteiger partial charge in [0, 0.05) is 23.2 Å². The summed E-state index contributed by atoms with van der Waals surface area (Å²) in [6, 6.07) is 18.0. The molecule has 0 aliphatic carbocycles. The highest BCUT2D eigenvalue weighted by Gasteiger charge is 2.27. The molecule has 21 heavy (non-hydrogen) atoms. The standard InChI is InChI=1S/C18H22BrNSi/c1-21(2,17-8-4-3-5-9-17)18-13-15(19)12-16(14-18)20-10-6-7-11-20/h3-5,8-9,12-14H,6-7,10-11H2,1-2H3. The zero-order chi connectivity index (χ0) is 14.9. The number of benzene rings is 2. The quantitative estimate of drug-likeness (QED) is 0.751. The second kappa shape index (κ2) is 5.97. The molecule has 0 spiro atoms. The van der Waals surface area contributed by atoms with Crippen LogP contribution in [0.1, 0.15) is 12.8 Å². The molecule has 0 unspecified atom stereocenters. The largest absolute Gasteiger partial charge is 0.372 e. The smallest absolute Gasteiger partial charge is 0.112 e. The van der Waals surface area contributed by atoms with Crippen LogP contribution < -0.4 is 15.3 Å². The summed E-state index contributed by atoms with van der Waals surface area (Å²) in [6.07, 6.45) is 2.64. The summed E-state index contributed by atoms with van der Waals surface area (Å²) in [6.45, 7) is 7.28. The van der Waals surface area contributed by atoms with Gasteiger partial charge in [-0.2, -0.15) is 0 Å². The predicted molar refractivity (Wildman–Crippen MR) is 98.8 cm³/mol. The lowest BCUT2D eigenvalue weighted by atomic mass is 10.3. The van der Waals surface area contributed by atoms with E-state index in [1.807, 2.05) is 0 Å². The molecule has 1 saturated heterocycles. The second-order valence-electron chi connectivity index (χ2n) is 6.38. The molecule has 3 rings (SSSR count). The highest BCUT2D eigenvalue weighted by molar-refractivity contribution is 9.10. The molecule has 110 valence electrons. The summed E-state index contributed by atoms with van der Waals surface area (Å²) < 4.78 is 1.21. The molecule has 0 amide bonds. The Morgan fingerprint density at radius 3 is 2.24 bits per heavy atom. The molecule has 0 aromatic heterocycles. The third-order valence-electron chi connectivity index (χ3n) is 4.57. The maximum absolute atomic E-state index is 3.72. The van der Waals surface area contributed by atoms with Crippen molar-refractivity contribution in [3.63, 3.8) is 0 Å². The average molecular weight is 360 g/mol. The molecule has 0 bridgehead atoms. The van der Waals surface area contributed by atoms with E-state index in [2.05, 4.69) is 82.5 Å². The van der Waals surface area contributed by atoms with Gasteiger partial charge in [0.1, 0.15) is 8.07 Å². The minimum atomic E-state index is -1.63. The van der Waals surface area contributed by atoms with Gasteiger partial charge in [-0.25, -0.2) is 0 Å². The normalized spacial score (nSPS) is 15.5. The van der Waals surface area contributed by atoms with Crippen LogP contribution in [0.3, 0.4) is 0 Å². The third-order valence-corrected chi connectivity index (χ3v) is 8.54. The highest BCUT2D eigenvalue weighted by Crippen LogP contribution is 2.24. The van der Waals surface area contributed by atoms with Crippen molar-refractivity contribution in [2.24, 2.45) is 0 Å².